The molecule has 1 atom stereocenters. The van der Waals surface area contributed by atoms with E-state index in [4.69, 9.17) is 0 Å². The second-order valence-corrected chi connectivity index (χ2v) is 4.20. The second-order valence-electron chi connectivity index (χ2n) is 4.20. The van der Waals surface area contributed by atoms with Crippen LogP contribution in [0.15, 0.2) is 30.3 Å². The van der Waals surface area contributed by atoms with Crippen LogP contribution >= 0.6 is 0 Å². The van der Waals surface area contributed by atoms with E-state index in [1.165, 1.54) is 4.90 Å². The van der Waals surface area contributed by atoms with Gasteiger partial charge < -0.3 is 14.8 Å². The highest BCUT2D eigenvalue weighted by Crippen LogP contribution is 2.19. The quantitative estimate of drug-likeness (QED) is 0.743. The van der Waals surface area contributed by atoms with E-state index in [2.05, 4.69) is 0 Å². The molecule has 0 spiro atoms. The molecule has 0 aliphatic carbocycles. The van der Waals surface area contributed by atoms with Gasteiger partial charge in [0.15, 0.2) is 0 Å². The molecule has 2 rings (SSSR count). The number of carbonyl (C=O) groups excluding carboxylic acids is 2. The number of piperidine rings is 1. The topological polar surface area (TPSA) is 60.4 Å². The van der Waals surface area contributed by atoms with E-state index in [0.717, 1.165) is 12.8 Å². The summed E-state index contributed by atoms with van der Waals surface area (Å²) < 4.78 is 0. The lowest BCUT2D eigenvalue weighted by atomic mass is 10.0. The minimum Gasteiger partial charge on any atom is -0.548 e. The molecule has 0 radical (unpaired) electrons. The summed E-state index contributed by atoms with van der Waals surface area (Å²) >= 11 is 0. The van der Waals surface area contributed by atoms with Crippen molar-refractivity contribution in [1.82, 2.24) is 4.90 Å². The van der Waals surface area contributed by atoms with Crippen LogP contribution in [0.5, 0.6) is 0 Å². The third-order valence-corrected chi connectivity index (χ3v) is 3.06. The van der Waals surface area contributed by atoms with E-state index < -0.39 is 12.0 Å². The molecule has 1 aromatic rings. The molecule has 0 unspecified atom stereocenters. The average Bonchev–Trinajstić information content (AvgIpc) is 2.39. The third kappa shape index (κ3) is 2.46. The number of rotatable bonds is 2. The summed E-state index contributed by atoms with van der Waals surface area (Å²) in [6, 6.07) is 7.98. The van der Waals surface area contributed by atoms with E-state index in [-0.39, 0.29) is 5.91 Å². The van der Waals surface area contributed by atoms with Crippen molar-refractivity contribution in [2.75, 3.05) is 6.54 Å². The SMILES string of the molecule is O=C([O-])[C@H]1CCCCN1C(=O)c1ccccc1. The van der Waals surface area contributed by atoms with Crippen molar-refractivity contribution in [3.63, 3.8) is 0 Å². The number of hydrogen-bond acceptors (Lipinski definition) is 3. The number of benzene rings is 1. The molecule has 0 aromatic heterocycles. The van der Waals surface area contributed by atoms with Crippen LogP contribution in [0.4, 0.5) is 0 Å². The normalized spacial score (nSPS) is 20.0. The first-order valence-electron chi connectivity index (χ1n) is 5.77. The average molecular weight is 232 g/mol. The largest absolute Gasteiger partial charge is 0.548 e. The van der Waals surface area contributed by atoms with Crippen LogP contribution in [0, 0.1) is 0 Å². The maximum absolute atomic E-state index is 12.1. The molecule has 1 aliphatic rings. The summed E-state index contributed by atoms with van der Waals surface area (Å²) in [6.45, 7) is 0.492. The maximum atomic E-state index is 12.1. The fraction of sp³-hybridized carbons (Fsp3) is 0.385. The minimum absolute atomic E-state index is 0.223. The molecule has 1 amide bonds. The summed E-state index contributed by atoms with van der Waals surface area (Å²) in [4.78, 5) is 24.6. The van der Waals surface area contributed by atoms with Crippen LogP contribution in [0.1, 0.15) is 29.6 Å². The number of likely N-dealkylation sites (tertiary alicyclic amines) is 1. The van der Waals surface area contributed by atoms with E-state index in [1.807, 2.05) is 6.07 Å². The van der Waals surface area contributed by atoms with Crippen LogP contribution in [0.3, 0.4) is 0 Å². The van der Waals surface area contributed by atoms with Gasteiger partial charge in [-0.25, -0.2) is 0 Å². The molecule has 0 N–H and O–H groups in total. The Balaban J connectivity index is 2.20. The Morgan fingerprint density at radius 1 is 1.18 bits per heavy atom. The number of amides is 1. The zero-order valence-corrected chi connectivity index (χ0v) is 9.46. The summed E-state index contributed by atoms with van der Waals surface area (Å²) in [6.07, 6.45) is 2.17. The van der Waals surface area contributed by atoms with E-state index in [1.54, 1.807) is 24.3 Å². The lowest BCUT2D eigenvalue weighted by molar-refractivity contribution is -0.311. The first-order valence-corrected chi connectivity index (χ1v) is 5.77. The lowest BCUT2D eigenvalue weighted by Gasteiger charge is -2.36. The Morgan fingerprint density at radius 3 is 2.53 bits per heavy atom. The smallest absolute Gasteiger partial charge is 0.254 e. The summed E-state index contributed by atoms with van der Waals surface area (Å²) in [5.74, 6) is -1.38. The molecule has 0 bridgehead atoms. The van der Waals surface area contributed by atoms with E-state index in [0.29, 0.717) is 18.5 Å². The highest BCUT2D eigenvalue weighted by atomic mass is 16.4. The Labute approximate surface area is 99.9 Å². The number of hydrogen-bond donors (Lipinski definition) is 0. The number of carboxylic acid groups (broad SMARTS) is 1. The van der Waals surface area contributed by atoms with Gasteiger partial charge in [0.05, 0.1) is 12.0 Å². The Bertz CT molecular complexity index is 416. The van der Waals surface area contributed by atoms with Gasteiger partial charge in [0.25, 0.3) is 5.91 Å². The highest BCUT2D eigenvalue weighted by molar-refractivity contribution is 5.96. The van der Waals surface area contributed by atoms with Crippen molar-refractivity contribution >= 4 is 11.9 Å². The molecule has 4 nitrogen and oxygen atoms in total. The molecular weight excluding hydrogens is 218 g/mol. The van der Waals surface area contributed by atoms with Gasteiger partial charge in [0.1, 0.15) is 0 Å². The van der Waals surface area contributed by atoms with Gasteiger partial charge in [0.2, 0.25) is 0 Å². The molecule has 1 fully saturated rings. The lowest BCUT2D eigenvalue weighted by Crippen LogP contribution is -2.52. The molecule has 1 heterocycles. The van der Waals surface area contributed by atoms with Gasteiger partial charge in [-0.1, -0.05) is 18.2 Å². The fourth-order valence-electron chi connectivity index (χ4n) is 2.17. The van der Waals surface area contributed by atoms with Crippen molar-refractivity contribution in [1.29, 1.82) is 0 Å². The van der Waals surface area contributed by atoms with Gasteiger partial charge >= 0.3 is 0 Å². The standard InChI is InChI=1S/C13H15NO3/c15-12(10-6-2-1-3-7-10)14-9-5-4-8-11(14)13(16)17/h1-3,6-7,11H,4-5,8-9H2,(H,16,17)/p-1/t11-/m1/s1. The predicted molar refractivity (Wildman–Crippen MR) is 60.1 cm³/mol. The second kappa shape index (κ2) is 4.99. The molecular formula is C13H14NO3-. The third-order valence-electron chi connectivity index (χ3n) is 3.06. The van der Waals surface area contributed by atoms with E-state index in [9.17, 15) is 14.7 Å². The van der Waals surface area contributed by atoms with E-state index >= 15 is 0 Å². The molecule has 1 saturated heterocycles. The number of nitrogens with zero attached hydrogens (tertiary/aromatic N) is 1. The van der Waals surface area contributed by atoms with Crippen LogP contribution in [0.25, 0.3) is 0 Å². The molecule has 1 aliphatic heterocycles. The van der Waals surface area contributed by atoms with Gasteiger partial charge in [-0.05, 0) is 31.4 Å². The van der Waals surface area contributed by atoms with Crippen molar-refractivity contribution in [3.05, 3.63) is 35.9 Å². The Morgan fingerprint density at radius 2 is 1.88 bits per heavy atom. The first-order chi connectivity index (χ1) is 8.20. The van der Waals surface area contributed by atoms with Gasteiger partial charge in [-0.3, -0.25) is 4.79 Å². The Kier molecular flexibility index (Phi) is 3.42. The van der Waals surface area contributed by atoms with Crippen LogP contribution in [0.2, 0.25) is 0 Å². The van der Waals surface area contributed by atoms with Gasteiger partial charge in [-0.15, -0.1) is 0 Å². The first kappa shape index (κ1) is 11.6. The van der Waals surface area contributed by atoms with Gasteiger partial charge in [0, 0.05) is 12.1 Å². The van der Waals surface area contributed by atoms with Crippen molar-refractivity contribution in [2.45, 2.75) is 25.3 Å². The van der Waals surface area contributed by atoms with Gasteiger partial charge in [-0.2, -0.15) is 0 Å². The number of carboxylic acids is 1. The highest BCUT2D eigenvalue weighted by Gasteiger charge is 2.27. The summed E-state index contributed by atoms with van der Waals surface area (Å²) in [5.41, 5.74) is 0.528. The van der Waals surface area contributed by atoms with Crippen molar-refractivity contribution in [3.8, 4) is 0 Å². The van der Waals surface area contributed by atoms with Crippen LogP contribution in [-0.2, 0) is 4.79 Å². The molecule has 4 heteroatoms. The van der Waals surface area contributed by atoms with Crippen LogP contribution < -0.4 is 5.11 Å². The van der Waals surface area contributed by atoms with Crippen LogP contribution in [-0.4, -0.2) is 29.4 Å². The number of carbonyl (C=O) groups is 2. The number of aliphatic carboxylic acids is 1. The van der Waals surface area contributed by atoms with Crippen molar-refractivity contribution < 1.29 is 14.7 Å². The predicted octanol–water partition coefficient (Wildman–Crippen LogP) is 0.431. The zero-order chi connectivity index (χ0) is 12.3. The molecule has 1 aromatic carbocycles. The molecule has 0 saturated carbocycles. The maximum Gasteiger partial charge on any atom is 0.254 e. The summed E-state index contributed by atoms with van der Waals surface area (Å²) in [7, 11) is 0. The minimum atomic E-state index is -1.16. The monoisotopic (exact) mass is 232 g/mol. The Hall–Kier alpha value is -1.84. The zero-order valence-electron chi connectivity index (χ0n) is 9.46. The molecule has 17 heavy (non-hydrogen) atoms. The molecule has 90 valence electrons. The fourth-order valence-corrected chi connectivity index (χ4v) is 2.17. The summed E-state index contributed by atoms with van der Waals surface area (Å²) in [5, 5.41) is 11.0. The van der Waals surface area contributed by atoms with Crippen molar-refractivity contribution in [2.24, 2.45) is 0 Å².